The van der Waals surface area contributed by atoms with Crippen LogP contribution in [0.4, 0.5) is 5.69 Å². The van der Waals surface area contributed by atoms with Crippen molar-refractivity contribution in [2.45, 2.75) is 0 Å². The summed E-state index contributed by atoms with van der Waals surface area (Å²) in [6, 6.07) is 3.68. The van der Waals surface area contributed by atoms with Gasteiger partial charge in [-0.2, -0.15) is 4.98 Å². The maximum absolute atomic E-state index is 10.6. The fourth-order valence-electron chi connectivity index (χ4n) is 1.14. The fourth-order valence-corrected chi connectivity index (χ4v) is 1.58. The van der Waals surface area contributed by atoms with Crippen molar-refractivity contribution < 1.29 is 9.66 Å². The quantitative estimate of drug-likeness (QED) is 0.634. The van der Waals surface area contributed by atoms with E-state index in [-0.39, 0.29) is 32.8 Å². The van der Waals surface area contributed by atoms with Crippen molar-refractivity contribution in [1.29, 1.82) is 0 Å². The average Bonchev–Trinajstić information content (AvgIpc) is 2.36. The molecular weight excluding hydrogens is 318 g/mol. The molecule has 0 atom stereocenters. The highest BCUT2D eigenvalue weighted by Crippen LogP contribution is 2.33. The predicted molar refractivity (Wildman–Crippen MR) is 68.0 cm³/mol. The minimum atomic E-state index is -0.578. The second-order valence-corrected chi connectivity index (χ2v) is 4.25. The van der Waals surface area contributed by atoms with Crippen LogP contribution in [0.15, 0.2) is 18.2 Å². The van der Waals surface area contributed by atoms with E-state index in [2.05, 4.69) is 15.2 Å². The number of hydrogen-bond acceptors (Lipinski definition) is 6. The van der Waals surface area contributed by atoms with Crippen LogP contribution in [0, 0.1) is 10.1 Å². The number of halogens is 3. The Bertz CT molecular complexity index is 653. The molecule has 10 heteroatoms. The third-order valence-electron chi connectivity index (χ3n) is 1.92. The first kappa shape index (κ1) is 13.7. The summed E-state index contributed by atoms with van der Waals surface area (Å²) >= 11 is 17.1. The number of hydrogen-bond donors (Lipinski definition) is 0. The Morgan fingerprint density at radius 2 is 1.95 bits per heavy atom. The molecule has 1 aromatic carbocycles. The third-order valence-corrected chi connectivity index (χ3v) is 2.62. The van der Waals surface area contributed by atoms with Crippen molar-refractivity contribution in [2.24, 2.45) is 0 Å². The molecule has 0 fully saturated rings. The maximum atomic E-state index is 10.6. The molecule has 2 aromatic rings. The number of aromatic nitrogens is 3. The molecule has 0 unspecified atom stereocenters. The Morgan fingerprint density at radius 1 is 1.21 bits per heavy atom. The van der Waals surface area contributed by atoms with Crippen molar-refractivity contribution in [2.75, 3.05) is 0 Å². The third kappa shape index (κ3) is 3.19. The van der Waals surface area contributed by atoms with Gasteiger partial charge in [0, 0.05) is 12.1 Å². The number of nitrogens with zero attached hydrogens (tertiary/aromatic N) is 4. The van der Waals surface area contributed by atoms with Gasteiger partial charge in [0.25, 0.3) is 11.6 Å². The number of nitro groups is 1. The Hall–Kier alpha value is -1.70. The zero-order valence-corrected chi connectivity index (χ0v) is 11.1. The van der Waals surface area contributed by atoms with E-state index in [1.807, 2.05) is 0 Å². The molecule has 0 spiro atoms. The largest absolute Gasteiger partial charge is 0.435 e. The molecular formula is C9H3Cl3N4O3. The standard InChI is InChI=1S/C9H3Cl3N4O3/c10-5-3-4(16(17)18)1-2-6(5)19-8-7(11)14-15-9(12)13-8/h1-3H. The molecule has 0 bridgehead atoms. The normalized spacial score (nSPS) is 10.3. The summed E-state index contributed by atoms with van der Waals surface area (Å²) in [5.74, 6) is 0.0307. The van der Waals surface area contributed by atoms with Crippen molar-refractivity contribution in [1.82, 2.24) is 15.2 Å². The van der Waals surface area contributed by atoms with Crippen LogP contribution in [-0.4, -0.2) is 20.1 Å². The van der Waals surface area contributed by atoms with Crippen LogP contribution in [0.1, 0.15) is 0 Å². The Morgan fingerprint density at radius 3 is 2.58 bits per heavy atom. The summed E-state index contributed by atoms with van der Waals surface area (Å²) in [6.45, 7) is 0. The van der Waals surface area contributed by atoms with Gasteiger partial charge in [-0.25, -0.2) is 0 Å². The SMILES string of the molecule is O=[N+]([O-])c1ccc(Oc2nc(Cl)nnc2Cl)c(Cl)c1. The van der Waals surface area contributed by atoms with Crippen molar-refractivity contribution in [3.8, 4) is 11.6 Å². The van der Waals surface area contributed by atoms with Gasteiger partial charge in [-0.05, 0) is 17.7 Å². The van der Waals surface area contributed by atoms with E-state index in [9.17, 15) is 10.1 Å². The molecule has 1 aromatic heterocycles. The first-order chi connectivity index (χ1) is 8.97. The number of nitro benzene ring substituents is 1. The van der Waals surface area contributed by atoms with Crippen LogP contribution < -0.4 is 4.74 Å². The van der Waals surface area contributed by atoms with Gasteiger partial charge in [0.05, 0.1) is 9.95 Å². The van der Waals surface area contributed by atoms with Crippen LogP contribution in [0.25, 0.3) is 0 Å². The van der Waals surface area contributed by atoms with Crippen molar-refractivity contribution in [3.05, 3.63) is 43.8 Å². The second kappa shape index (κ2) is 5.52. The Labute approximate surface area is 121 Å². The van der Waals surface area contributed by atoms with Crippen molar-refractivity contribution >= 4 is 40.5 Å². The molecule has 2 rings (SSSR count). The molecule has 19 heavy (non-hydrogen) atoms. The zero-order valence-electron chi connectivity index (χ0n) is 8.88. The van der Waals surface area contributed by atoms with Gasteiger partial charge in [-0.1, -0.05) is 23.2 Å². The van der Waals surface area contributed by atoms with Gasteiger partial charge in [-0.3, -0.25) is 10.1 Å². The van der Waals surface area contributed by atoms with Gasteiger partial charge in [0.2, 0.25) is 10.4 Å². The average molecular weight is 322 g/mol. The van der Waals surface area contributed by atoms with E-state index >= 15 is 0 Å². The molecule has 0 N–H and O–H groups in total. The number of rotatable bonds is 3. The van der Waals surface area contributed by atoms with E-state index < -0.39 is 4.92 Å². The predicted octanol–water partition coefficient (Wildman–Crippen LogP) is 3.53. The number of benzene rings is 1. The highest BCUT2D eigenvalue weighted by molar-refractivity contribution is 6.32. The van der Waals surface area contributed by atoms with E-state index in [0.29, 0.717) is 0 Å². The lowest BCUT2D eigenvalue weighted by Crippen LogP contribution is -1.96. The van der Waals surface area contributed by atoms with Gasteiger partial charge >= 0.3 is 0 Å². The lowest BCUT2D eigenvalue weighted by Gasteiger charge is -2.06. The van der Waals surface area contributed by atoms with Gasteiger partial charge in [0.15, 0.2) is 0 Å². The second-order valence-electron chi connectivity index (χ2n) is 3.15. The van der Waals surface area contributed by atoms with Crippen LogP contribution in [0.5, 0.6) is 11.6 Å². The Kier molecular flexibility index (Phi) is 3.98. The van der Waals surface area contributed by atoms with Gasteiger partial charge in [-0.15, -0.1) is 10.2 Å². The highest BCUT2D eigenvalue weighted by atomic mass is 35.5. The smallest absolute Gasteiger partial charge is 0.271 e. The minimum Gasteiger partial charge on any atom is -0.435 e. The molecule has 7 nitrogen and oxygen atoms in total. The maximum Gasteiger partial charge on any atom is 0.271 e. The molecule has 0 radical (unpaired) electrons. The first-order valence-electron chi connectivity index (χ1n) is 4.65. The molecule has 0 saturated carbocycles. The molecule has 1 heterocycles. The summed E-state index contributed by atoms with van der Waals surface area (Å²) in [5, 5.41) is 17.2. The van der Waals surface area contributed by atoms with E-state index in [1.165, 1.54) is 12.1 Å². The van der Waals surface area contributed by atoms with Crippen molar-refractivity contribution in [3.63, 3.8) is 0 Å². The van der Waals surface area contributed by atoms with Crippen LogP contribution in [-0.2, 0) is 0 Å². The summed E-state index contributed by atoms with van der Waals surface area (Å²) in [7, 11) is 0. The van der Waals surface area contributed by atoms with E-state index in [0.717, 1.165) is 6.07 Å². The highest BCUT2D eigenvalue weighted by Gasteiger charge is 2.14. The summed E-state index contributed by atoms with van der Waals surface area (Å²) in [4.78, 5) is 13.7. The molecule has 0 aliphatic heterocycles. The minimum absolute atomic E-state index is 0.0278. The van der Waals surface area contributed by atoms with E-state index in [1.54, 1.807) is 0 Å². The number of ether oxygens (including phenoxy) is 1. The molecule has 0 amide bonds. The molecule has 0 saturated heterocycles. The summed E-state index contributed by atoms with van der Waals surface area (Å²) in [5.41, 5.74) is -0.165. The summed E-state index contributed by atoms with van der Waals surface area (Å²) < 4.78 is 5.27. The molecule has 0 aliphatic rings. The van der Waals surface area contributed by atoms with Crippen LogP contribution >= 0.6 is 34.8 Å². The van der Waals surface area contributed by atoms with E-state index in [4.69, 9.17) is 39.5 Å². The van der Waals surface area contributed by atoms with Gasteiger partial charge in [0.1, 0.15) is 5.75 Å². The first-order valence-corrected chi connectivity index (χ1v) is 5.78. The monoisotopic (exact) mass is 320 g/mol. The van der Waals surface area contributed by atoms with Gasteiger partial charge < -0.3 is 4.74 Å². The van der Waals surface area contributed by atoms with Crippen LogP contribution in [0.2, 0.25) is 15.5 Å². The molecule has 98 valence electrons. The number of non-ortho nitro benzene ring substituents is 1. The fraction of sp³-hybridized carbons (Fsp3) is 0. The topological polar surface area (TPSA) is 91.0 Å². The summed E-state index contributed by atoms with van der Waals surface area (Å²) in [6.07, 6.45) is 0. The lowest BCUT2D eigenvalue weighted by molar-refractivity contribution is -0.384. The zero-order chi connectivity index (χ0) is 14.0. The Balaban J connectivity index is 2.33. The van der Waals surface area contributed by atoms with Crippen LogP contribution in [0.3, 0.4) is 0 Å². The lowest BCUT2D eigenvalue weighted by atomic mass is 10.3. The molecule has 0 aliphatic carbocycles.